The van der Waals surface area contributed by atoms with Crippen molar-refractivity contribution in [1.82, 2.24) is 10.2 Å². The number of piperidine rings is 1. The molecule has 1 heterocycles. The zero-order valence-corrected chi connectivity index (χ0v) is 9.32. The number of β-amino-alcohol motifs (C(OH)–C–C–N with tert-alkyl or cyclic N) is 1. The largest absolute Gasteiger partial charge is 0.390 e. The minimum absolute atomic E-state index is 0.136. The fourth-order valence-corrected chi connectivity index (χ4v) is 1.87. The average Bonchev–Trinajstić information content (AvgIpc) is 3.04. The Balaban J connectivity index is 1.76. The second-order valence-corrected chi connectivity index (χ2v) is 4.59. The van der Waals surface area contributed by atoms with E-state index < -0.39 is 6.10 Å². The third kappa shape index (κ3) is 3.02. The van der Waals surface area contributed by atoms with Crippen molar-refractivity contribution < 1.29 is 14.7 Å². The quantitative estimate of drug-likeness (QED) is 0.628. The number of nitrogens with zero attached hydrogens (tertiary/aromatic N) is 1. The second-order valence-electron chi connectivity index (χ2n) is 4.59. The maximum atomic E-state index is 11.5. The number of aliphatic hydroxyl groups excluding tert-OH is 1. The first-order chi connectivity index (χ1) is 7.66. The molecule has 0 aromatic heterocycles. The van der Waals surface area contributed by atoms with Crippen LogP contribution in [0.5, 0.6) is 0 Å². The summed E-state index contributed by atoms with van der Waals surface area (Å²) in [6.07, 6.45) is 3.17. The van der Waals surface area contributed by atoms with Crippen LogP contribution in [0.15, 0.2) is 0 Å². The average molecular weight is 226 g/mol. The van der Waals surface area contributed by atoms with Gasteiger partial charge in [0.05, 0.1) is 12.6 Å². The molecule has 0 spiro atoms. The predicted octanol–water partition coefficient (Wildman–Crippen LogP) is -0.362. The van der Waals surface area contributed by atoms with E-state index in [9.17, 15) is 14.7 Å². The van der Waals surface area contributed by atoms with Gasteiger partial charge in [-0.05, 0) is 19.3 Å². The number of hydrogen-bond acceptors (Lipinski definition) is 4. The maximum Gasteiger partial charge on any atom is 0.229 e. The van der Waals surface area contributed by atoms with E-state index in [1.807, 2.05) is 0 Å². The zero-order chi connectivity index (χ0) is 11.5. The maximum absolute atomic E-state index is 11.5. The molecule has 1 atom stereocenters. The number of likely N-dealkylation sites (tertiary alicyclic amines) is 1. The number of rotatable bonds is 5. The van der Waals surface area contributed by atoms with Crippen LogP contribution in [-0.4, -0.2) is 47.1 Å². The number of hydrogen-bond donors (Lipinski definition) is 2. The van der Waals surface area contributed by atoms with E-state index in [4.69, 9.17) is 0 Å². The molecule has 1 unspecified atom stereocenters. The van der Waals surface area contributed by atoms with Gasteiger partial charge in [-0.3, -0.25) is 14.5 Å². The highest BCUT2D eigenvalue weighted by molar-refractivity contribution is 5.97. The van der Waals surface area contributed by atoms with Crippen LogP contribution < -0.4 is 5.32 Å². The summed E-state index contributed by atoms with van der Waals surface area (Å²) in [6.45, 7) is 0.596. The fraction of sp³-hybridized carbons (Fsp3) is 0.818. The molecule has 16 heavy (non-hydrogen) atoms. The van der Waals surface area contributed by atoms with E-state index in [1.54, 1.807) is 0 Å². The summed E-state index contributed by atoms with van der Waals surface area (Å²) in [4.78, 5) is 24.1. The molecular formula is C11H18N2O3. The van der Waals surface area contributed by atoms with Gasteiger partial charge in [-0.25, -0.2) is 0 Å². The molecular weight excluding hydrogens is 208 g/mol. The van der Waals surface area contributed by atoms with Crippen LogP contribution in [0, 0.1) is 0 Å². The summed E-state index contributed by atoms with van der Waals surface area (Å²) >= 11 is 0. The number of carbonyl (C=O) groups is 2. The molecule has 0 aromatic carbocycles. The van der Waals surface area contributed by atoms with Crippen molar-refractivity contribution in [2.75, 3.05) is 13.1 Å². The molecule has 2 fully saturated rings. The van der Waals surface area contributed by atoms with Crippen LogP contribution >= 0.6 is 0 Å². The summed E-state index contributed by atoms with van der Waals surface area (Å²) in [5, 5.41) is 12.9. The second kappa shape index (κ2) is 4.93. The van der Waals surface area contributed by atoms with Gasteiger partial charge < -0.3 is 10.4 Å². The van der Waals surface area contributed by atoms with Crippen molar-refractivity contribution in [2.45, 2.75) is 44.2 Å². The van der Waals surface area contributed by atoms with Gasteiger partial charge in [0.25, 0.3) is 0 Å². The minimum atomic E-state index is -0.647. The Morgan fingerprint density at radius 2 is 1.94 bits per heavy atom. The predicted molar refractivity (Wildman–Crippen MR) is 57.6 cm³/mol. The number of amides is 2. The van der Waals surface area contributed by atoms with Crippen molar-refractivity contribution >= 4 is 11.8 Å². The monoisotopic (exact) mass is 226 g/mol. The van der Waals surface area contributed by atoms with Crippen molar-refractivity contribution in [2.24, 2.45) is 0 Å². The first-order valence-corrected chi connectivity index (χ1v) is 5.91. The van der Waals surface area contributed by atoms with E-state index in [2.05, 4.69) is 5.32 Å². The number of nitrogens with one attached hydrogen (secondary N) is 1. The van der Waals surface area contributed by atoms with Gasteiger partial charge in [0.15, 0.2) is 0 Å². The highest BCUT2D eigenvalue weighted by Gasteiger charge is 2.28. The Labute approximate surface area is 94.8 Å². The lowest BCUT2D eigenvalue weighted by atomic mass is 10.1. The summed E-state index contributed by atoms with van der Waals surface area (Å²) in [7, 11) is 0. The van der Waals surface area contributed by atoms with Crippen LogP contribution in [0.1, 0.15) is 32.1 Å². The summed E-state index contributed by atoms with van der Waals surface area (Å²) in [5.41, 5.74) is 0. The Morgan fingerprint density at radius 1 is 1.31 bits per heavy atom. The molecule has 2 aliphatic rings. The van der Waals surface area contributed by atoms with Gasteiger partial charge in [0, 0.05) is 25.4 Å². The number of aliphatic hydroxyl groups is 1. The van der Waals surface area contributed by atoms with Crippen molar-refractivity contribution in [3.63, 3.8) is 0 Å². The molecule has 1 aliphatic carbocycles. The van der Waals surface area contributed by atoms with Gasteiger partial charge in [-0.2, -0.15) is 0 Å². The molecule has 1 saturated carbocycles. The third-order valence-electron chi connectivity index (χ3n) is 3.00. The first kappa shape index (κ1) is 11.5. The molecule has 90 valence electrons. The van der Waals surface area contributed by atoms with Crippen molar-refractivity contribution in [3.05, 3.63) is 0 Å². The number of carbonyl (C=O) groups excluding carboxylic acids is 2. The molecule has 2 amide bonds. The van der Waals surface area contributed by atoms with Crippen molar-refractivity contribution in [3.8, 4) is 0 Å². The summed E-state index contributed by atoms with van der Waals surface area (Å²) in [5.74, 6) is -0.302. The molecule has 1 saturated heterocycles. The summed E-state index contributed by atoms with van der Waals surface area (Å²) in [6, 6.07) is 0.530. The van der Waals surface area contributed by atoms with E-state index in [-0.39, 0.29) is 18.4 Å². The Morgan fingerprint density at radius 3 is 2.50 bits per heavy atom. The fourth-order valence-electron chi connectivity index (χ4n) is 1.87. The molecule has 5 nitrogen and oxygen atoms in total. The Hall–Kier alpha value is -0.940. The first-order valence-electron chi connectivity index (χ1n) is 5.91. The van der Waals surface area contributed by atoms with Crippen LogP contribution in [0.3, 0.4) is 0 Å². The van der Waals surface area contributed by atoms with Crippen LogP contribution in [-0.2, 0) is 9.59 Å². The van der Waals surface area contributed by atoms with Gasteiger partial charge >= 0.3 is 0 Å². The van der Waals surface area contributed by atoms with Crippen LogP contribution in [0.25, 0.3) is 0 Å². The van der Waals surface area contributed by atoms with E-state index in [1.165, 1.54) is 4.90 Å². The van der Waals surface area contributed by atoms with E-state index >= 15 is 0 Å². The molecule has 0 radical (unpaired) electrons. The normalized spacial score (nSPS) is 23.7. The topological polar surface area (TPSA) is 69.6 Å². The molecule has 0 bridgehead atoms. The molecule has 2 N–H and O–H groups in total. The minimum Gasteiger partial charge on any atom is -0.390 e. The van der Waals surface area contributed by atoms with Crippen molar-refractivity contribution in [1.29, 1.82) is 0 Å². The van der Waals surface area contributed by atoms with Gasteiger partial charge in [0.1, 0.15) is 0 Å². The van der Waals surface area contributed by atoms with Gasteiger partial charge in [-0.1, -0.05) is 0 Å². The van der Waals surface area contributed by atoms with Crippen LogP contribution in [0.2, 0.25) is 0 Å². The van der Waals surface area contributed by atoms with Crippen LogP contribution in [0.4, 0.5) is 0 Å². The highest BCUT2D eigenvalue weighted by atomic mass is 16.3. The lowest BCUT2D eigenvalue weighted by Crippen LogP contribution is -2.46. The lowest BCUT2D eigenvalue weighted by molar-refractivity contribution is -0.149. The van der Waals surface area contributed by atoms with Gasteiger partial charge in [0.2, 0.25) is 11.8 Å². The molecule has 1 aliphatic heterocycles. The molecule has 0 aromatic rings. The van der Waals surface area contributed by atoms with Gasteiger partial charge in [-0.15, -0.1) is 0 Å². The highest BCUT2D eigenvalue weighted by Crippen LogP contribution is 2.18. The Kier molecular flexibility index (Phi) is 3.56. The van der Waals surface area contributed by atoms with E-state index in [0.29, 0.717) is 31.8 Å². The zero-order valence-electron chi connectivity index (χ0n) is 9.32. The standard InChI is InChI=1S/C11H18N2O3/c14-9(6-12-8-4-5-8)7-13-10(15)2-1-3-11(13)16/h8-9,12,14H,1-7H2. The third-order valence-corrected chi connectivity index (χ3v) is 3.00. The van der Waals surface area contributed by atoms with E-state index in [0.717, 1.165) is 12.8 Å². The lowest BCUT2D eigenvalue weighted by Gasteiger charge is -2.27. The molecule has 5 heteroatoms. The summed E-state index contributed by atoms with van der Waals surface area (Å²) < 4.78 is 0. The SMILES string of the molecule is O=C1CCCC(=O)N1CC(O)CNC1CC1. The smallest absolute Gasteiger partial charge is 0.229 e. The number of imide groups is 1. The molecule has 2 rings (SSSR count). The Bertz CT molecular complexity index is 273.